The van der Waals surface area contributed by atoms with Gasteiger partial charge in [-0.05, 0) is 63.6 Å². The number of hydrogen-bond acceptors (Lipinski definition) is 8. The highest BCUT2D eigenvalue weighted by molar-refractivity contribution is 6.15. The molecule has 9 heteroatoms. The second-order valence-electron chi connectivity index (χ2n) is 9.91. The topological polar surface area (TPSA) is 136 Å². The van der Waals surface area contributed by atoms with Gasteiger partial charge in [0.2, 0.25) is 0 Å². The molecule has 0 atom stereocenters. The molecule has 8 N–H and O–H groups in total. The van der Waals surface area contributed by atoms with Crippen LogP contribution in [0, 0.1) is 5.41 Å². The molecular weight excluding hydrogens is 433 g/mol. The number of aromatic hydroxyl groups is 1. The van der Waals surface area contributed by atoms with Crippen molar-refractivity contribution in [3.05, 3.63) is 71.2 Å². The van der Waals surface area contributed by atoms with Crippen LogP contribution in [-0.4, -0.2) is 51.9 Å². The highest BCUT2D eigenvalue weighted by Crippen LogP contribution is 2.30. The maximum atomic E-state index is 14.2. The van der Waals surface area contributed by atoms with Crippen LogP contribution in [0.4, 0.5) is 4.39 Å². The van der Waals surface area contributed by atoms with Crippen molar-refractivity contribution >= 4 is 17.0 Å². The third kappa shape index (κ3) is 5.66. The van der Waals surface area contributed by atoms with E-state index in [1.54, 1.807) is 25.3 Å². The van der Waals surface area contributed by atoms with Gasteiger partial charge in [-0.25, -0.2) is 4.39 Å². The molecule has 1 fully saturated rings. The number of piperazine rings is 1. The van der Waals surface area contributed by atoms with E-state index in [1.807, 2.05) is 0 Å². The van der Waals surface area contributed by atoms with Crippen molar-refractivity contribution in [3.8, 4) is 5.75 Å². The zero-order valence-electron chi connectivity index (χ0n) is 20.3. The predicted molar refractivity (Wildman–Crippen MR) is 135 cm³/mol. The first-order valence-electron chi connectivity index (χ1n) is 11.0. The molecule has 182 valence electrons. The number of nitrogens with zero attached hydrogens (tertiary/aromatic N) is 2. The fraction of sp³-hybridized carbons (Fsp3) is 0.360. The Hall–Kier alpha value is -3.59. The van der Waals surface area contributed by atoms with Gasteiger partial charge in [-0.1, -0.05) is 0 Å². The molecule has 0 bridgehead atoms. The van der Waals surface area contributed by atoms with Crippen LogP contribution in [0.2, 0.25) is 0 Å². The van der Waals surface area contributed by atoms with Gasteiger partial charge >= 0.3 is 0 Å². The number of hydrogen-bond donors (Lipinski definition) is 6. The van der Waals surface area contributed by atoms with E-state index in [1.165, 1.54) is 24.5 Å². The van der Waals surface area contributed by atoms with Crippen LogP contribution in [0.1, 0.15) is 39.0 Å². The minimum absolute atomic E-state index is 0.104. The monoisotopic (exact) mass is 467 g/mol. The second kappa shape index (κ2) is 9.34. The van der Waals surface area contributed by atoms with Crippen LogP contribution in [0.25, 0.3) is 11.3 Å². The van der Waals surface area contributed by atoms with Gasteiger partial charge in [-0.2, -0.15) is 0 Å². The first-order chi connectivity index (χ1) is 15.8. The van der Waals surface area contributed by atoms with Gasteiger partial charge in [0.05, 0.1) is 17.2 Å². The van der Waals surface area contributed by atoms with Crippen LogP contribution >= 0.6 is 0 Å². The molecule has 0 unspecified atom stereocenters. The van der Waals surface area contributed by atoms with Gasteiger partial charge < -0.3 is 32.1 Å². The fourth-order valence-corrected chi connectivity index (χ4v) is 4.44. The van der Waals surface area contributed by atoms with E-state index >= 15 is 0 Å². The van der Waals surface area contributed by atoms with Crippen molar-refractivity contribution in [2.75, 3.05) is 20.1 Å². The van der Waals surface area contributed by atoms with Crippen LogP contribution in [0.3, 0.4) is 0 Å². The number of halogens is 1. The molecule has 0 saturated carbocycles. The molecule has 1 aromatic heterocycles. The molecule has 0 spiro atoms. The van der Waals surface area contributed by atoms with E-state index in [4.69, 9.17) is 16.9 Å². The smallest absolute Gasteiger partial charge is 0.149 e. The summed E-state index contributed by atoms with van der Waals surface area (Å²) in [5, 5.41) is 24.8. The predicted octanol–water partition coefficient (Wildman–Crippen LogP) is 2.72. The fourth-order valence-electron chi connectivity index (χ4n) is 4.44. The van der Waals surface area contributed by atoms with Gasteiger partial charge in [0.15, 0.2) is 0 Å². The number of pyridine rings is 1. The minimum atomic E-state index is -0.665. The van der Waals surface area contributed by atoms with Gasteiger partial charge in [-0.15, -0.1) is 0 Å². The molecule has 0 amide bonds. The molecule has 34 heavy (non-hydrogen) atoms. The van der Waals surface area contributed by atoms with E-state index < -0.39 is 5.83 Å². The normalized spacial score (nSPS) is 21.9. The van der Waals surface area contributed by atoms with Crippen molar-refractivity contribution in [2.45, 2.75) is 38.8 Å². The van der Waals surface area contributed by atoms with Crippen LogP contribution in [-0.2, 0) is 0 Å². The van der Waals surface area contributed by atoms with E-state index in [2.05, 4.69) is 48.2 Å². The molecule has 1 aromatic rings. The summed E-state index contributed by atoms with van der Waals surface area (Å²) in [7, 11) is 1.67. The van der Waals surface area contributed by atoms with Crippen molar-refractivity contribution in [1.29, 1.82) is 5.41 Å². The molecule has 1 aliphatic carbocycles. The summed E-state index contributed by atoms with van der Waals surface area (Å²) in [4.78, 5) is 6.38. The van der Waals surface area contributed by atoms with E-state index in [0.717, 1.165) is 13.1 Å². The molecule has 3 rings (SSSR count). The Kier molecular flexibility index (Phi) is 6.88. The lowest BCUT2D eigenvalue weighted by atomic mass is 9.91. The summed E-state index contributed by atoms with van der Waals surface area (Å²) in [6, 6.07) is 1.47. The Morgan fingerprint density at radius 1 is 1.21 bits per heavy atom. The highest BCUT2D eigenvalue weighted by atomic mass is 19.1. The Morgan fingerprint density at radius 3 is 2.44 bits per heavy atom. The van der Waals surface area contributed by atoms with E-state index in [9.17, 15) is 9.50 Å². The van der Waals surface area contributed by atoms with Gasteiger partial charge in [-0.3, -0.25) is 10.4 Å². The Bertz CT molecular complexity index is 1130. The molecule has 2 heterocycles. The maximum absolute atomic E-state index is 14.2. The number of allylic oxidation sites excluding steroid dienone is 7. The summed E-state index contributed by atoms with van der Waals surface area (Å²) in [6.45, 7) is 10.0. The van der Waals surface area contributed by atoms with Gasteiger partial charge in [0, 0.05) is 54.7 Å². The van der Waals surface area contributed by atoms with Crippen molar-refractivity contribution in [3.63, 3.8) is 0 Å². The maximum Gasteiger partial charge on any atom is 0.149 e. The van der Waals surface area contributed by atoms with Crippen LogP contribution in [0.5, 0.6) is 5.75 Å². The average Bonchev–Trinajstić information content (AvgIpc) is 2.72. The lowest BCUT2D eigenvalue weighted by Crippen LogP contribution is -2.66. The zero-order chi connectivity index (χ0) is 25.3. The van der Waals surface area contributed by atoms with Crippen molar-refractivity contribution in [2.24, 2.45) is 11.5 Å². The molecule has 0 aromatic carbocycles. The number of nitrogens with one attached hydrogen (secondary N) is 3. The Balaban J connectivity index is 1.84. The molecule has 2 aliphatic rings. The second-order valence-corrected chi connectivity index (χ2v) is 9.91. The molecule has 1 saturated heterocycles. The van der Waals surface area contributed by atoms with Gasteiger partial charge in [0.25, 0.3) is 0 Å². The summed E-state index contributed by atoms with van der Waals surface area (Å²) < 4.78 is 14.2. The number of rotatable bonds is 5. The molecule has 8 nitrogen and oxygen atoms in total. The summed E-state index contributed by atoms with van der Waals surface area (Å²) >= 11 is 0. The summed E-state index contributed by atoms with van der Waals surface area (Å²) in [6.07, 6.45) is 9.26. The zero-order valence-corrected chi connectivity index (χ0v) is 20.3. The number of nitrogens with two attached hydrogens (primary N) is 2. The lowest BCUT2D eigenvalue weighted by Gasteiger charge is -2.49. The van der Waals surface area contributed by atoms with E-state index in [0.29, 0.717) is 22.5 Å². The van der Waals surface area contributed by atoms with Crippen LogP contribution < -0.4 is 22.1 Å². The first-order valence-corrected chi connectivity index (χ1v) is 11.0. The van der Waals surface area contributed by atoms with Gasteiger partial charge in [0.1, 0.15) is 17.3 Å². The summed E-state index contributed by atoms with van der Waals surface area (Å²) in [5.41, 5.74) is 13.9. The quantitative estimate of drug-likeness (QED) is 0.366. The molecule has 1 aliphatic heterocycles. The Morgan fingerprint density at radius 2 is 1.85 bits per heavy atom. The van der Waals surface area contributed by atoms with Crippen molar-refractivity contribution < 1.29 is 9.50 Å². The van der Waals surface area contributed by atoms with Crippen molar-refractivity contribution in [1.82, 2.24) is 20.5 Å². The molecule has 0 radical (unpaired) electrons. The largest absolute Gasteiger partial charge is 0.506 e. The third-order valence-electron chi connectivity index (χ3n) is 5.54. The standard InChI is InChI=1S/C25H34FN7O/c1-24(2)13-33(14-25(3,4)32-24)21(28)7-6-19(27)23-20(34)10-16(12-31-23)15-8-17(11-30-5)22(29)18(26)9-15/h6-12,29-30,32,34H,13-14,27-28H2,1-5H3/b17-11-,19-6-,21-7+,29-22?. The lowest BCUT2D eigenvalue weighted by molar-refractivity contribution is 0.103. The first kappa shape index (κ1) is 25.0. The molecular formula is C25H34FN7O. The summed E-state index contributed by atoms with van der Waals surface area (Å²) in [5.74, 6) is -0.236. The number of aromatic nitrogens is 1. The highest BCUT2D eigenvalue weighted by Gasteiger charge is 2.36. The minimum Gasteiger partial charge on any atom is -0.506 e. The SMILES string of the molecule is CN/C=C1/C=C(c2cnc(/C(N)=C/C=C(\N)N3CC(C)(C)NC(C)(C)C3)c(O)c2)C=C(F)C1=N. The Labute approximate surface area is 200 Å². The van der Waals surface area contributed by atoms with Crippen LogP contribution in [0.15, 0.2) is 60.0 Å². The average molecular weight is 468 g/mol. The van der Waals surface area contributed by atoms with E-state index in [-0.39, 0.29) is 33.9 Å². The third-order valence-corrected chi connectivity index (χ3v) is 5.54.